The number of nitrogens with one attached hydrogen (secondary N) is 1. The van der Waals surface area contributed by atoms with Crippen LogP contribution in [0.5, 0.6) is 0 Å². The number of hydrogen-bond acceptors (Lipinski definition) is 4. The van der Waals surface area contributed by atoms with Crippen LogP contribution in [0.4, 0.5) is 5.82 Å². The fourth-order valence-electron chi connectivity index (χ4n) is 2.60. The number of aliphatic hydroxyl groups excluding tert-OH is 1. The Morgan fingerprint density at radius 2 is 1.86 bits per heavy atom. The normalized spacial score (nSPS) is 18.0. The Balaban J connectivity index is 2.10. The van der Waals surface area contributed by atoms with E-state index in [-0.39, 0.29) is 5.91 Å². The third-order valence-corrected chi connectivity index (χ3v) is 3.72. The molecule has 0 bridgehead atoms. The maximum absolute atomic E-state index is 12.4. The maximum Gasteiger partial charge on any atom is 0.277 e. The van der Waals surface area contributed by atoms with Gasteiger partial charge >= 0.3 is 0 Å². The van der Waals surface area contributed by atoms with Gasteiger partial charge in [-0.2, -0.15) is 0 Å². The molecule has 110 valence electrons. The standard InChI is InChI=1S/C15H18N4O2/c1-3-18-13-11(14(20)19(4-2)15(18)21)16-12(17-13)10-8-6-5-7-9-10/h5-9,15,21H,3-4H2,1-2H3,(H,16,17). The van der Waals surface area contributed by atoms with Gasteiger partial charge in [-0.1, -0.05) is 30.3 Å². The highest BCUT2D eigenvalue weighted by atomic mass is 16.3. The Morgan fingerprint density at radius 3 is 2.48 bits per heavy atom. The van der Waals surface area contributed by atoms with Gasteiger partial charge in [-0.15, -0.1) is 0 Å². The van der Waals surface area contributed by atoms with E-state index in [0.717, 1.165) is 5.56 Å². The van der Waals surface area contributed by atoms with Crippen molar-refractivity contribution in [3.05, 3.63) is 36.0 Å². The van der Waals surface area contributed by atoms with Gasteiger partial charge < -0.3 is 15.0 Å². The molecule has 1 aromatic carbocycles. The molecule has 3 rings (SSSR count). The molecule has 1 atom stereocenters. The first-order chi connectivity index (χ1) is 10.2. The molecule has 6 nitrogen and oxygen atoms in total. The summed E-state index contributed by atoms with van der Waals surface area (Å²) in [5.41, 5.74) is 1.34. The van der Waals surface area contributed by atoms with Crippen molar-refractivity contribution >= 4 is 11.7 Å². The molecule has 2 N–H and O–H groups in total. The van der Waals surface area contributed by atoms with Crippen molar-refractivity contribution in [3.8, 4) is 11.4 Å². The van der Waals surface area contributed by atoms with Crippen LogP contribution in [0.25, 0.3) is 11.4 Å². The van der Waals surface area contributed by atoms with Crippen molar-refractivity contribution in [1.29, 1.82) is 0 Å². The summed E-state index contributed by atoms with van der Waals surface area (Å²) < 4.78 is 0. The quantitative estimate of drug-likeness (QED) is 0.900. The zero-order chi connectivity index (χ0) is 15.0. The van der Waals surface area contributed by atoms with Crippen molar-refractivity contribution in [3.63, 3.8) is 0 Å². The molecule has 0 saturated heterocycles. The number of amides is 1. The average molecular weight is 286 g/mol. The Labute approximate surface area is 123 Å². The molecular weight excluding hydrogens is 268 g/mol. The minimum Gasteiger partial charge on any atom is -0.356 e. The maximum atomic E-state index is 12.4. The van der Waals surface area contributed by atoms with E-state index in [4.69, 9.17) is 0 Å². The van der Waals surface area contributed by atoms with Gasteiger partial charge in [-0.25, -0.2) is 4.98 Å². The fraction of sp³-hybridized carbons (Fsp3) is 0.333. The van der Waals surface area contributed by atoms with Crippen molar-refractivity contribution in [2.75, 3.05) is 18.0 Å². The molecule has 1 aromatic heterocycles. The summed E-state index contributed by atoms with van der Waals surface area (Å²) in [6.45, 7) is 4.77. The van der Waals surface area contributed by atoms with Crippen LogP contribution < -0.4 is 4.90 Å². The van der Waals surface area contributed by atoms with Gasteiger partial charge in [0.15, 0.2) is 5.82 Å². The summed E-state index contributed by atoms with van der Waals surface area (Å²) in [5.74, 6) is 0.926. The summed E-state index contributed by atoms with van der Waals surface area (Å²) in [6, 6.07) is 9.63. The zero-order valence-electron chi connectivity index (χ0n) is 12.1. The lowest BCUT2D eigenvalue weighted by Gasteiger charge is -2.39. The molecule has 0 saturated carbocycles. The molecule has 1 unspecified atom stereocenters. The van der Waals surface area contributed by atoms with E-state index in [1.165, 1.54) is 4.90 Å². The number of aliphatic hydroxyl groups is 1. The molecular formula is C15H18N4O2. The molecule has 2 aromatic rings. The van der Waals surface area contributed by atoms with E-state index < -0.39 is 6.35 Å². The largest absolute Gasteiger partial charge is 0.356 e. The number of imidazole rings is 1. The lowest BCUT2D eigenvalue weighted by Crippen LogP contribution is -2.55. The van der Waals surface area contributed by atoms with Crippen LogP contribution in [0.1, 0.15) is 24.3 Å². The number of nitrogens with zero attached hydrogens (tertiary/aromatic N) is 3. The molecule has 21 heavy (non-hydrogen) atoms. The van der Waals surface area contributed by atoms with Gasteiger partial charge in [0.1, 0.15) is 11.5 Å². The van der Waals surface area contributed by atoms with Crippen molar-refractivity contribution in [1.82, 2.24) is 14.9 Å². The van der Waals surface area contributed by atoms with E-state index in [9.17, 15) is 9.90 Å². The van der Waals surface area contributed by atoms with E-state index in [1.807, 2.05) is 44.2 Å². The number of aromatic amines is 1. The molecule has 1 aliphatic heterocycles. The third-order valence-electron chi connectivity index (χ3n) is 3.72. The van der Waals surface area contributed by atoms with Gasteiger partial charge in [-0.05, 0) is 13.8 Å². The molecule has 1 aliphatic rings. The number of anilines is 1. The highest BCUT2D eigenvalue weighted by Gasteiger charge is 2.37. The molecule has 0 radical (unpaired) electrons. The lowest BCUT2D eigenvalue weighted by atomic mass is 10.2. The first kappa shape index (κ1) is 13.6. The van der Waals surface area contributed by atoms with Crippen LogP contribution in [0.2, 0.25) is 0 Å². The number of carbonyl (C=O) groups is 1. The number of H-pyrrole nitrogens is 1. The second-order valence-corrected chi connectivity index (χ2v) is 4.87. The first-order valence-electron chi connectivity index (χ1n) is 7.08. The monoisotopic (exact) mass is 286 g/mol. The Morgan fingerprint density at radius 1 is 1.19 bits per heavy atom. The minimum absolute atomic E-state index is 0.223. The molecule has 1 amide bonds. The predicted molar refractivity (Wildman–Crippen MR) is 79.8 cm³/mol. The number of fused-ring (bicyclic) bond motifs is 1. The zero-order valence-corrected chi connectivity index (χ0v) is 12.1. The summed E-state index contributed by atoms with van der Waals surface area (Å²) in [6.07, 6.45) is -0.966. The third kappa shape index (κ3) is 2.08. The Bertz CT molecular complexity index is 653. The van der Waals surface area contributed by atoms with Crippen molar-refractivity contribution in [2.24, 2.45) is 0 Å². The predicted octanol–water partition coefficient (Wildman–Crippen LogP) is 1.65. The van der Waals surface area contributed by atoms with Gasteiger partial charge in [0.05, 0.1) is 0 Å². The SMILES string of the molecule is CCN1C(=O)c2[nH]c(-c3ccccc3)nc2N(CC)C1O. The minimum atomic E-state index is -0.966. The molecule has 0 spiro atoms. The Kier molecular flexibility index (Phi) is 3.39. The number of rotatable bonds is 3. The van der Waals surface area contributed by atoms with E-state index in [1.54, 1.807) is 4.90 Å². The van der Waals surface area contributed by atoms with E-state index in [2.05, 4.69) is 9.97 Å². The van der Waals surface area contributed by atoms with Gasteiger partial charge in [0.2, 0.25) is 6.35 Å². The van der Waals surface area contributed by atoms with Gasteiger partial charge in [0.25, 0.3) is 5.91 Å². The number of carbonyl (C=O) groups excluding carboxylic acids is 1. The van der Waals surface area contributed by atoms with E-state index in [0.29, 0.717) is 30.4 Å². The summed E-state index contributed by atoms with van der Waals surface area (Å²) in [4.78, 5) is 23.2. The lowest BCUT2D eigenvalue weighted by molar-refractivity contribution is 0.00381. The number of benzene rings is 1. The van der Waals surface area contributed by atoms with Gasteiger partial charge in [0, 0.05) is 18.7 Å². The molecule has 0 fully saturated rings. The second kappa shape index (κ2) is 5.21. The number of aromatic nitrogens is 2. The van der Waals surface area contributed by atoms with Crippen LogP contribution in [-0.4, -0.2) is 45.3 Å². The topological polar surface area (TPSA) is 72.5 Å². The fourth-order valence-corrected chi connectivity index (χ4v) is 2.60. The molecule has 6 heteroatoms. The summed E-state index contributed by atoms with van der Waals surface area (Å²) in [5, 5.41) is 10.3. The van der Waals surface area contributed by atoms with Crippen LogP contribution in [0, 0.1) is 0 Å². The van der Waals surface area contributed by atoms with Crippen molar-refractivity contribution < 1.29 is 9.90 Å². The molecule has 2 heterocycles. The molecule has 0 aliphatic carbocycles. The van der Waals surface area contributed by atoms with Crippen LogP contribution >= 0.6 is 0 Å². The average Bonchev–Trinajstić information content (AvgIpc) is 2.94. The highest BCUT2D eigenvalue weighted by molar-refractivity contribution is 6.00. The smallest absolute Gasteiger partial charge is 0.277 e. The van der Waals surface area contributed by atoms with Crippen molar-refractivity contribution in [2.45, 2.75) is 20.2 Å². The van der Waals surface area contributed by atoms with Crippen LogP contribution in [0.15, 0.2) is 30.3 Å². The number of hydrogen-bond donors (Lipinski definition) is 2. The van der Waals surface area contributed by atoms with Crippen LogP contribution in [-0.2, 0) is 0 Å². The van der Waals surface area contributed by atoms with Crippen LogP contribution in [0.3, 0.4) is 0 Å². The van der Waals surface area contributed by atoms with Gasteiger partial charge in [-0.3, -0.25) is 9.69 Å². The second-order valence-electron chi connectivity index (χ2n) is 4.87. The summed E-state index contributed by atoms with van der Waals surface area (Å²) in [7, 11) is 0. The summed E-state index contributed by atoms with van der Waals surface area (Å²) >= 11 is 0. The highest BCUT2D eigenvalue weighted by Crippen LogP contribution is 2.30. The van der Waals surface area contributed by atoms with E-state index >= 15 is 0 Å². The first-order valence-corrected chi connectivity index (χ1v) is 7.08. The Hall–Kier alpha value is -2.34.